The van der Waals surface area contributed by atoms with Crippen LogP contribution in [-0.2, 0) is 0 Å². The number of benzene rings is 2. The van der Waals surface area contributed by atoms with Gasteiger partial charge >= 0.3 is 5.69 Å². The Morgan fingerprint density at radius 2 is 1.69 bits per heavy atom. The molecule has 0 fully saturated rings. The van der Waals surface area contributed by atoms with Gasteiger partial charge in [-0.1, -0.05) is 41.4 Å². The number of pyridine rings is 1. The zero-order chi connectivity index (χ0) is 25.8. The van der Waals surface area contributed by atoms with Crippen molar-refractivity contribution in [1.29, 1.82) is 5.26 Å². The number of rotatable bonds is 7. The molecule has 0 amide bonds. The summed E-state index contributed by atoms with van der Waals surface area (Å²) in [5, 5.41) is 28.6. The van der Waals surface area contributed by atoms with Crippen molar-refractivity contribution in [2.75, 3.05) is 10.6 Å². The number of nitro groups is 1. The summed E-state index contributed by atoms with van der Waals surface area (Å²) in [6.45, 7) is 3.69. The number of nitrogens with one attached hydrogen (secondary N) is 2. The van der Waals surface area contributed by atoms with Gasteiger partial charge in [-0.3, -0.25) is 10.1 Å². The van der Waals surface area contributed by atoms with Gasteiger partial charge in [0.05, 0.1) is 16.9 Å². The molecule has 2 N–H and O–H groups in total. The fourth-order valence-corrected chi connectivity index (χ4v) is 4.03. The maximum atomic E-state index is 12.0. The van der Waals surface area contributed by atoms with E-state index >= 15 is 0 Å². The first-order valence-corrected chi connectivity index (χ1v) is 11.4. The van der Waals surface area contributed by atoms with E-state index < -0.39 is 10.8 Å². The van der Waals surface area contributed by atoms with E-state index in [0.717, 1.165) is 11.1 Å². The molecule has 2 heterocycles. The summed E-state index contributed by atoms with van der Waals surface area (Å²) in [6.07, 6.45) is 2.81. The summed E-state index contributed by atoms with van der Waals surface area (Å²) < 4.78 is 0. The molecule has 0 aliphatic carbocycles. The number of anilines is 4. The third kappa shape index (κ3) is 5.35. The van der Waals surface area contributed by atoms with Gasteiger partial charge in [-0.05, 0) is 66.4 Å². The molecule has 1 unspecified atom stereocenters. The number of halogens is 2. The Balaban J connectivity index is 1.69. The van der Waals surface area contributed by atoms with Gasteiger partial charge in [-0.15, -0.1) is 0 Å². The van der Waals surface area contributed by atoms with E-state index in [9.17, 15) is 15.4 Å². The Morgan fingerprint density at radius 3 is 2.33 bits per heavy atom. The minimum atomic E-state index is -0.617. The fourth-order valence-electron chi connectivity index (χ4n) is 3.63. The Morgan fingerprint density at radius 1 is 1.00 bits per heavy atom. The SMILES string of the molecule is Cc1ccnc(Nc2ncnc(Nc3cc(Cl)c(C(C#N)c4ccc(Cl)cc4)cc3C)c2[N+](=O)[O-])c1. The zero-order valence-corrected chi connectivity index (χ0v) is 20.7. The monoisotopic (exact) mass is 519 g/mol. The highest BCUT2D eigenvalue weighted by molar-refractivity contribution is 6.32. The number of nitriles is 1. The third-order valence-corrected chi connectivity index (χ3v) is 5.99. The molecular formula is C25H19Cl2N7O2. The van der Waals surface area contributed by atoms with Crippen molar-refractivity contribution in [2.45, 2.75) is 19.8 Å². The van der Waals surface area contributed by atoms with Crippen molar-refractivity contribution in [3.8, 4) is 6.07 Å². The molecule has 0 radical (unpaired) electrons. The molecule has 0 saturated carbocycles. The zero-order valence-electron chi connectivity index (χ0n) is 19.2. The molecule has 0 bridgehead atoms. The van der Waals surface area contributed by atoms with E-state index in [2.05, 4.69) is 31.7 Å². The lowest BCUT2D eigenvalue weighted by atomic mass is 9.91. The van der Waals surface area contributed by atoms with Crippen LogP contribution in [-0.4, -0.2) is 19.9 Å². The van der Waals surface area contributed by atoms with Crippen molar-refractivity contribution in [3.63, 3.8) is 0 Å². The van der Waals surface area contributed by atoms with Crippen molar-refractivity contribution in [1.82, 2.24) is 15.0 Å². The first kappa shape index (κ1) is 24.9. The van der Waals surface area contributed by atoms with Gasteiger partial charge < -0.3 is 10.6 Å². The van der Waals surface area contributed by atoms with Gasteiger partial charge in [0, 0.05) is 21.9 Å². The molecule has 36 heavy (non-hydrogen) atoms. The minimum absolute atomic E-state index is 0.0109. The van der Waals surface area contributed by atoms with Gasteiger partial charge in [-0.25, -0.2) is 15.0 Å². The highest BCUT2D eigenvalue weighted by Gasteiger charge is 2.25. The van der Waals surface area contributed by atoms with Crippen LogP contribution in [0.4, 0.5) is 28.8 Å². The number of aryl methyl sites for hydroxylation is 2. The van der Waals surface area contributed by atoms with E-state index in [-0.39, 0.29) is 17.3 Å². The molecule has 0 aliphatic heterocycles. The van der Waals surface area contributed by atoms with Crippen molar-refractivity contribution < 1.29 is 4.92 Å². The topological polar surface area (TPSA) is 130 Å². The molecule has 2 aromatic heterocycles. The second-order valence-electron chi connectivity index (χ2n) is 7.95. The molecule has 180 valence electrons. The predicted molar refractivity (Wildman–Crippen MR) is 139 cm³/mol. The van der Waals surface area contributed by atoms with Crippen LogP contribution in [0.2, 0.25) is 10.0 Å². The molecule has 0 spiro atoms. The van der Waals surface area contributed by atoms with E-state index in [1.54, 1.807) is 55.6 Å². The van der Waals surface area contributed by atoms with E-state index in [1.807, 2.05) is 13.0 Å². The molecule has 11 heteroatoms. The molecule has 0 saturated heterocycles. The smallest absolute Gasteiger partial charge is 0.334 e. The van der Waals surface area contributed by atoms with E-state index in [1.165, 1.54) is 6.33 Å². The maximum absolute atomic E-state index is 12.0. The van der Waals surface area contributed by atoms with Gasteiger partial charge in [0.1, 0.15) is 12.1 Å². The fraction of sp³-hybridized carbons (Fsp3) is 0.120. The lowest BCUT2D eigenvalue weighted by Crippen LogP contribution is -2.07. The molecule has 9 nitrogen and oxygen atoms in total. The summed E-state index contributed by atoms with van der Waals surface area (Å²) in [5.41, 5.74) is 3.15. The second kappa shape index (κ2) is 10.6. The number of aromatic nitrogens is 3. The maximum Gasteiger partial charge on any atom is 0.353 e. The predicted octanol–water partition coefficient (Wildman–Crippen LogP) is 6.85. The van der Waals surface area contributed by atoms with Crippen LogP contribution in [0.1, 0.15) is 28.2 Å². The lowest BCUT2D eigenvalue weighted by Gasteiger charge is -2.16. The Labute approximate surface area is 216 Å². The van der Waals surface area contributed by atoms with Gasteiger partial charge in [0.2, 0.25) is 11.6 Å². The van der Waals surface area contributed by atoms with Crippen LogP contribution >= 0.6 is 23.2 Å². The van der Waals surface area contributed by atoms with E-state index in [0.29, 0.717) is 32.7 Å². The molecule has 2 aromatic carbocycles. The van der Waals surface area contributed by atoms with Crippen molar-refractivity contribution in [3.05, 3.63) is 103 Å². The van der Waals surface area contributed by atoms with Gasteiger partial charge in [0.15, 0.2) is 0 Å². The van der Waals surface area contributed by atoms with E-state index in [4.69, 9.17) is 23.2 Å². The normalized spacial score (nSPS) is 11.4. The molecule has 4 rings (SSSR count). The standard InChI is InChI=1S/C25H19Cl2N7O2/c1-14-7-8-29-22(9-14)33-25-23(34(35)36)24(30-13-31-25)32-21-11-20(27)18(10-15(21)2)19(12-28)16-3-5-17(26)6-4-16/h3-11,13,19H,1-2H3,(H2,29,30,31,32,33). The second-order valence-corrected chi connectivity index (χ2v) is 8.79. The van der Waals surface area contributed by atoms with Crippen molar-refractivity contribution >= 4 is 52.0 Å². The summed E-state index contributed by atoms with van der Waals surface area (Å²) in [6, 6.07) is 16.2. The molecule has 4 aromatic rings. The average molecular weight is 520 g/mol. The third-order valence-electron chi connectivity index (χ3n) is 5.41. The van der Waals surface area contributed by atoms with Crippen LogP contribution in [0.5, 0.6) is 0 Å². The highest BCUT2D eigenvalue weighted by Crippen LogP contribution is 2.37. The highest BCUT2D eigenvalue weighted by atomic mass is 35.5. The minimum Gasteiger partial charge on any atom is -0.334 e. The van der Waals surface area contributed by atoms with Crippen LogP contribution in [0, 0.1) is 35.3 Å². The van der Waals surface area contributed by atoms with Crippen molar-refractivity contribution in [2.24, 2.45) is 0 Å². The summed E-state index contributed by atoms with van der Waals surface area (Å²) >= 11 is 12.5. The quantitative estimate of drug-likeness (QED) is 0.200. The summed E-state index contributed by atoms with van der Waals surface area (Å²) in [7, 11) is 0. The lowest BCUT2D eigenvalue weighted by molar-refractivity contribution is -0.383. The Bertz CT molecular complexity index is 1490. The number of hydrogen-bond acceptors (Lipinski definition) is 8. The van der Waals surface area contributed by atoms with Crippen LogP contribution in [0.25, 0.3) is 0 Å². The summed E-state index contributed by atoms with van der Waals surface area (Å²) in [4.78, 5) is 23.7. The molecular weight excluding hydrogens is 501 g/mol. The van der Waals surface area contributed by atoms with Gasteiger partial charge in [0.25, 0.3) is 0 Å². The Kier molecular flexibility index (Phi) is 7.29. The van der Waals surface area contributed by atoms with Crippen LogP contribution in [0.15, 0.2) is 61.1 Å². The molecule has 1 atom stereocenters. The average Bonchev–Trinajstić information content (AvgIpc) is 2.83. The van der Waals surface area contributed by atoms with Crippen LogP contribution < -0.4 is 10.6 Å². The first-order chi connectivity index (χ1) is 17.3. The number of nitrogens with zero attached hydrogens (tertiary/aromatic N) is 5. The van der Waals surface area contributed by atoms with Crippen LogP contribution in [0.3, 0.4) is 0 Å². The number of hydrogen-bond donors (Lipinski definition) is 2. The largest absolute Gasteiger partial charge is 0.353 e. The first-order valence-electron chi connectivity index (χ1n) is 10.7. The summed E-state index contributed by atoms with van der Waals surface area (Å²) in [5.74, 6) is -0.237. The van der Waals surface area contributed by atoms with Gasteiger partial charge in [-0.2, -0.15) is 5.26 Å². The molecule has 0 aliphatic rings. The Hall–Kier alpha value is -4.26.